The minimum atomic E-state index is -0.831. The van der Waals surface area contributed by atoms with Crippen molar-refractivity contribution in [2.45, 2.75) is 18.8 Å². The van der Waals surface area contributed by atoms with Gasteiger partial charge in [-0.1, -0.05) is 60.7 Å². The Bertz CT molecular complexity index is 579. The predicted molar refractivity (Wildman–Crippen MR) is 81.1 cm³/mol. The van der Waals surface area contributed by atoms with E-state index in [1.165, 1.54) is 0 Å². The molecule has 21 heavy (non-hydrogen) atoms. The SMILES string of the molecule is OCCCC(C(F)=C(F)c1ccccc1)c1ccccc1. The van der Waals surface area contributed by atoms with Gasteiger partial charge in [0.25, 0.3) is 0 Å². The third-order valence-corrected chi connectivity index (χ3v) is 3.40. The maximum absolute atomic E-state index is 14.6. The molecule has 0 heterocycles. The molecule has 0 amide bonds. The molecule has 0 aliphatic rings. The first-order valence-corrected chi connectivity index (χ1v) is 7.00. The maximum Gasteiger partial charge on any atom is 0.162 e. The van der Waals surface area contributed by atoms with Crippen LogP contribution in [0.25, 0.3) is 5.83 Å². The molecule has 1 N–H and O–H groups in total. The fourth-order valence-corrected chi connectivity index (χ4v) is 2.30. The van der Waals surface area contributed by atoms with Crippen LogP contribution in [0.15, 0.2) is 66.5 Å². The lowest BCUT2D eigenvalue weighted by Crippen LogP contribution is -2.03. The van der Waals surface area contributed by atoms with Crippen molar-refractivity contribution in [2.75, 3.05) is 6.61 Å². The maximum atomic E-state index is 14.6. The topological polar surface area (TPSA) is 20.2 Å². The standard InChI is InChI=1S/C18H18F2O/c19-17(15-10-5-2-6-11-15)18(20)16(12-7-13-21)14-8-3-1-4-9-14/h1-6,8-11,16,21H,7,12-13H2. The van der Waals surface area contributed by atoms with E-state index < -0.39 is 17.6 Å². The highest BCUT2D eigenvalue weighted by Crippen LogP contribution is 2.35. The van der Waals surface area contributed by atoms with Gasteiger partial charge in [0.2, 0.25) is 0 Å². The Morgan fingerprint density at radius 2 is 1.48 bits per heavy atom. The second-order valence-electron chi connectivity index (χ2n) is 4.86. The zero-order valence-electron chi connectivity index (χ0n) is 11.7. The smallest absolute Gasteiger partial charge is 0.162 e. The van der Waals surface area contributed by atoms with Crippen LogP contribution >= 0.6 is 0 Å². The van der Waals surface area contributed by atoms with Gasteiger partial charge in [-0.05, 0) is 18.4 Å². The average Bonchev–Trinajstić information content (AvgIpc) is 2.56. The largest absolute Gasteiger partial charge is 0.396 e. The van der Waals surface area contributed by atoms with E-state index in [1.54, 1.807) is 54.6 Å². The summed E-state index contributed by atoms with van der Waals surface area (Å²) in [5.41, 5.74) is 0.953. The van der Waals surface area contributed by atoms with Crippen LogP contribution in [0, 0.1) is 0 Å². The van der Waals surface area contributed by atoms with Crippen molar-refractivity contribution in [1.82, 2.24) is 0 Å². The second-order valence-corrected chi connectivity index (χ2v) is 4.86. The molecule has 2 aromatic rings. The van der Waals surface area contributed by atoms with Crippen LogP contribution in [0.2, 0.25) is 0 Å². The monoisotopic (exact) mass is 288 g/mol. The highest BCUT2D eigenvalue weighted by molar-refractivity contribution is 5.62. The molecule has 1 nitrogen and oxygen atoms in total. The van der Waals surface area contributed by atoms with Gasteiger partial charge in [-0.2, -0.15) is 0 Å². The van der Waals surface area contributed by atoms with Gasteiger partial charge in [-0.3, -0.25) is 0 Å². The lowest BCUT2D eigenvalue weighted by Gasteiger charge is -2.16. The van der Waals surface area contributed by atoms with Crippen LogP contribution in [-0.4, -0.2) is 11.7 Å². The molecule has 0 bridgehead atoms. The molecule has 110 valence electrons. The normalized spacial score (nSPS) is 13.7. The van der Waals surface area contributed by atoms with Gasteiger partial charge in [0.15, 0.2) is 5.83 Å². The number of aliphatic hydroxyl groups is 1. The molecule has 1 atom stereocenters. The van der Waals surface area contributed by atoms with Gasteiger partial charge in [0.05, 0.1) is 0 Å². The Morgan fingerprint density at radius 3 is 2.05 bits per heavy atom. The van der Waals surface area contributed by atoms with Gasteiger partial charge in [0, 0.05) is 18.1 Å². The third-order valence-electron chi connectivity index (χ3n) is 3.40. The molecule has 3 heteroatoms. The summed E-state index contributed by atoms with van der Waals surface area (Å²) in [6.45, 7) is -0.0381. The van der Waals surface area contributed by atoms with Crippen molar-refractivity contribution in [3.63, 3.8) is 0 Å². The van der Waals surface area contributed by atoms with Crippen LogP contribution in [0.1, 0.15) is 29.9 Å². The number of aliphatic hydroxyl groups excluding tert-OH is 1. The van der Waals surface area contributed by atoms with E-state index in [4.69, 9.17) is 5.11 Å². The first kappa shape index (κ1) is 15.4. The lowest BCUT2D eigenvalue weighted by atomic mass is 9.92. The van der Waals surface area contributed by atoms with E-state index in [9.17, 15) is 8.78 Å². The van der Waals surface area contributed by atoms with Gasteiger partial charge in [-0.25, -0.2) is 8.78 Å². The molecule has 0 fully saturated rings. The highest BCUT2D eigenvalue weighted by atomic mass is 19.2. The average molecular weight is 288 g/mol. The first-order valence-electron chi connectivity index (χ1n) is 7.00. The summed E-state index contributed by atoms with van der Waals surface area (Å²) in [6.07, 6.45) is 0.793. The lowest BCUT2D eigenvalue weighted by molar-refractivity contribution is 0.279. The molecule has 0 aliphatic heterocycles. The Hall–Kier alpha value is -2.00. The fourth-order valence-electron chi connectivity index (χ4n) is 2.30. The Balaban J connectivity index is 2.36. The number of hydrogen-bond acceptors (Lipinski definition) is 1. The van der Waals surface area contributed by atoms with Crippen LogP contribution < -0.4 is 0 Å². The van der Waals surface area contributed by atoms with Crippen molar-refractivity contribution in [2.24, 2.45) is 0 Å². The summed E-state index contributed by atoms with van der Waals surface area (Å²) >= 11 is 0. The zero-order chi connectivity index (χ0) is 15.1. The number of hydrogen-bond donors (Lipinski definition) is 1. The minimum absolute atomic E-state index is 0.0381. The van der Waals surface area contributed by atoms with E-state index in [1.807, 2.05) is 6.07 Å². The molecule has 0 radical (unpaired) electrons. The molecule has 0 saturated carbocycles. The molecule has 2 aromatic carbocycles. The van der Waals surface area contributed by atoms with Crippen LogP contribution in [0.4, 0.5) is 8.78 Å². The van der Waals surface area contributed by atoms with E-state index in [2.05, 4.69) is 0 Å². The predicted octanol–water partition coefficient (Wildman–Crippen LogP) is 4.85. The number of benzene rings is 2. The molecule has 2 rings (SSSR count). The summed E-state index contributed by atoms with van der Waals surface area (Å²) in [5, 5.41) is 8.97. The third kappa shape index (κ3) is 3.99. The molecular formula is C18H18F2O. The van der Waals surface area contributed by atoms with Crippen molar-refractivity contribution < 1.29 is 13.9 Å². The molecule has 0 spiro atoms. The van der Waals surface area contributed by atoms with Gasteiger partial charge >= 0.3 is 0 Å². The summed E-state index contributed by atoms with van der Waals surface area (Å²) in [5.74, 6) is -2.28. The molecule has 0 aliphatic carbocycles. The van der Waals surface area contributed by atoms with Crippen LogP contribution in [0.3, 0.4) is 0 Å². The van der Waals surface area contributed by atoms with E-state index >= 15 is 0 Å². The zero-order valence-corrected chi connectivity index (χ0v) is 11.7. The van der Waals surface area contributed by atoms with Gasteiger partial charge in [-0.15, -0.1) is 0 Å². The Kier molecular flexibility index (Phi) is 5.64. The minimum Gasteiger partial charge on any atom is -0.396 e. The first-order chi connectivity index (χ1) is 10.2. The molecular weight excluding hydrogens is 270 g/mol. The van der Waals surface area contributed by atoms with E-state index in [0.29, 0.717) is 12.8 Å². The second kappa shape index (κ2) is 7.70. The van der Waals surface area contributed by atoms with Crippen molar-refractivity contribution in [3.8, 4) is 0 Å². The number of allylic oxidation sites excluding steroid dienone is 1. The summed E-state index contributed by atoms with van der Waals surface area (Å²) in [7, 11) is 0. The van der Waals surface area contributed by atoms with E-state index in [-0.39, 0.29) is 12.2 Å². The van der Waals surface area contributed by atoms with Crippen molar-refractivity contribution in [1.29, 1.82) is 0 Å². The molecule has 0 aromatic heterocycles. The quantitative estimate of drug-likeness (QED) is 0.805. The van der Waals surface area contributed by atoms with Crippen LogP contribution in [-0.2, 0) is 0 Å². The Labute approximate surface area is 123 Å². The van der Waals surface area contributed by atoms with Crippen LogP contribution in [0.5, 0.6) is 0 Å². The van der Waals surface area contributed by atoms with Gasteiger partial charge < -0.3 is 5.11 Å². The summed E-state index contributed by atoms with van der Waals surface area (Å²) < 4.78 is 28.9. The fraction of sp³-hybridized carbons (Fsp3) is 0.222. The van der Waals surface area contributed by atoms with Crippen molar-refractivity contribution in [3.05, 3.63) is 77.6 Å². The Morgan fingerprint density at radius 1 is 0.905 bits per heavy atom. The van der Waals surface area contributed by atoms with Crippen molar-refractivity contribution >= 4 is 5.83 Å². The summed E-state index contributed by atoms with van der Waals surface area (Å²) in [4.78, 5) is 0. The summed E-state index contributed by atoms with van der Waals surface area (Å²) in [6, 6.07) is 17.2. The molecule has 1 unspecified atom stereocenters. The number of rotatable bonds is 6. The highest BCUT2D eigenvalue weighted by Gasteiger charge is 2.21. The molecule has 0 saturated heterocycles. The number of halogens is 2. The van der Waals surface area contributed by atoms with Gasteiger partial charge in [0.1, 0.15) is 5.83 Å². The van der Waals surface area contributed by atoms with E-state index in [0.717, 1.165) is 5.56 Å².